The summed E-state index contributed by atoms with van der Waals surface area (Å²) in [7, 11) is 0. The van der Waals surface area contributed by atoms with E-state index in [9.17, 15) is 22.8 Å². The molecule has 2 rings (SSSR count). The number of carbonyl (C=O) groups is 2. The quantitative estimate of drug-likeness (QED) is 0.722. The number of nitrogens with zero attached hydrogens (tertiary/aromatic N) is 3. The molecule has 1 N–H and O–H groups in total. The standard InChI is InChI=1S/C19H26ClF3N4O2/c1-18(2,3)17(29)24-6-4-5-15(28)26-7-9-27(10-8-26)16-14(20)11-13(12-25-16)19(21,22)23/h11-12H,4-10H2,1-3H3,(H,24,29). The summed E-state index contributed by atoms with van der Waals surface area (Å²) < 4.78 is 38.2. The molecule has 2 amide bonds. The van der Waals surface area contributed by atoms with Crippen LogP contribution in [0.1, 0.15) is 39.2 Å². The third kappa shape index (κ3) is 6.48. The average molecular weight is 435 g/mol. The van der Waals surface area contributed by atoms with Crippen LogP contribution in [0.5, 0.6) is 0 Å². The predicted molar refractivity (Wildman–Crippen MR) is 105 cm³/mol. The molecule has 1 aliphatic heterocycles. The van der Waals surface area contributed by atoms with Crippen molar-refractivity contribution in [2.75, 3.05) is 37.6 Å². The van der Waals surface area contributed by atoms with Crippen LogP contribution in [0.15, 0.2) is 12.3 Å². The number of carbonyl (C=O) groups excluding carboxylic acids is 2. The van der Waals surface area contributed by atoms with Gasteiger partial charge in [-0.1, -0.05) is 32.4 Å². The Bertz CT molecular complexity index is 742. The zero-order chi connectivity index (χ0) is 21.8. The van der Waals surface area contributed by atoms with Gasteiger partial charge in [0.2, 0.25) is 11.8 Å². The average Bonchev–Trinajstić information content (AvgIpc) is 2.63. The molecule has 1 aromatic heterocycles. The Hall–Kier alpha value is -2.03. The van der Waals surface area contributed by atoms with Crippen molar-refractivity contribution < 1.29 is 22.8 Å². The molecule has 1 saturated heterocycles. The number of halogens is 4. The number of piperazine rings is 1. The Kier molecular flexibility index (Phi) is 7.37. The Morgan fingerprint density at radius 1 is 1.17 bits per heavy atom. The SMILES string of the molecule is CC(C)(C)C(=O)NCCCC(=O)N1CCN(c2ncc(C(F)(F)F)cc2Cl)CC1. The van der Waals surface area contributed by atoms with Crippen molar-refractivity contribution in [2.45, 2.75) is 39.8 Å². The first-order valence-corrected chi connectivity index (χ1v) is 9.81. The highest BCUT2D eigenvalue weighted by atomic mass is 35.5. The van der Waals surface area contributed by atoms with Gasteiger partial charge in [0.15, 0.2) is 0 Å². The van der Waals surface area contributed by atoms with Crippen LogP contribution in [0.3, 0.4) is 0 Å². The maximum Gasteiger partial charge on any atom is 0.417 e. The van der Waals surface area contributed by atoms with Crippen molar-refractivity contribution in [3.63, 3.8) is 0 Å². The number of nitrogens with one attached hydrogen (secondary N) is 1. The summed E-state index contributed by atoms with van der Waals surface area (Å²) in [5.41, 5.74) is -1.35. The molecule has 0 aliphatic carbocycles. The van der Waals surface area contributed by atoms with E-state index in [4.69, 9.17) is 11.6 Å². The molecule has 0 saturated carbocycles. The van der Waals surface area contributed by atoms with Gasteiger partial charge in [-0.05, 0) is 12.5 Å². The van der Waals surface area contributed by atoms with Crippen molar-refractivity contribution in [1.82, 2.24) is 15.2 Å². The maximum atomic E-state index is 12.7. The molecule has 1 fully saturated rings. The Labute approximate surface area is 173 Å². The minimum absolute atomic E-state index is 0.0128. The van der Waals surface area contributed by atoms with Gasteiger partial charge in [-0.3, -0.25) is 9.59 Å². The predicted octanol–water partition coefficient (Wildman–Crippen LogP) is 3.34. The number of hydrogen-bond donors (Lipinski definition) is 1. The number of anilines is 1. The zero-order valence-corrected chi connectivity index (χ0v) is 17.5. The lowest BCUT2D eigenvalue weighted by atomic mass is 9.96. The first-order chi connectivity index (χ1) is 13.4. The Morgan fingerprint density at radius 2 is 1.79 bits per heavy atom. The van der Waals surface area contributed by atoms with Gasteiger partial charge < -0.3 is 15.1 Å². The Morgan fingerprint density at radius 3 is 2.31 bits per heavy atom. The van der Waals surface area contributed by atoms with Crippen LogP contribution < -0.4 is 10.2 Å². The van der Waals surface area contributed by atoms with Crippen molar-refractivity contribution in [2.24, 2.45) is 5.41 Å². The van der Waals surface area contributed by atoms with E-state index < -0.39 is 17.2 Å². The van der Waals surface area contributed by atoms with Crippen molar-refractivity contribution in [3.8, 4) is 0 Å². The minimum atomic E-state index is -4.49. The number of aromatic nitrogens is 1. The first-order valence-electron chi connectivity index (χ1n) is 9.43. The Balaban J connectivity index is 1.80. The number of rotatable bonds is 5. The molecule has 1 aromatic rings. The zero-order valence-electron chi connectivity index (χ0n) is 16.8. The van der Waals surface area contributed by atoms with E-state index in [0.717, 1.165) is 12.3 Å². The summed E-state index contributed by atoms with van der Waals surface area (Å²) in [6.07, 6.45) is -2.85. The van der Waals surface area contributed by atoms with Gasteiger partial charge in [0.1, 0.15) is 5.82 Å². The van der Waals surface area contributed by atoms with Crippen molar-refractivity contribution >= 4 is 29.2 Å². The summed E-state index contributed by atoms with van der Waals surface area (Å²) in [4.78, 5) is 31.5. The lowest BCUT2D eigenvalue weighted by Gasteiger charge is -2.36. The van der Waals surface area contributed by atoms with Crippen LogP contribution >= 0.6 is 11.6 Å². The summed E-state index contributed by atoms with van der Waals surface area (Å²) in [5.74, 6) is 0.220. The van der Waals surface area contributed by atoms with Gasteiger partial charge in [-0.15, -0.1) is 0 Å². The normalized spacial score (nSPS) is 15.4. The fraction of sp³-hybridized carbons (Fsp3) is 0.632. The maximum absolute atomic E-state index is 12.7. The van der Waals surface area contributed by atoms with Crippen LogP contribution in [0.25, 0.3) is 0 Å². The molecule has 0 unspecified atom stereocenters. The molecule has 0 bridgehead atoms. The molecule has 0 radical (unpaired) electrons. The summed E-state index contributed by atoms with van der Waals surface area (Å²) in [6, 6.07) is 0.868. The molecule has 6 nitrogen and oxygen atoms in total. The van der Waals surface area contributed by atoms with Gasteiger partial charge >= 0.3 is 6.18 Å². The molecule has 10 heteroatoms. The van der Waals surface area contributed by atoms with Crippen LogP contribution in [-0.4, -0.2) is 54.4 Å². The van der Waals surface area contributed by atoms with E-state index >= 15 is 0 Å². The van der Waals surface area contributed by atoms with Crippen molar-refractivity contribution in [3.05, 3.63) is 22.8 Å². The van der Waals surface area contributed by atoms with E-state index in [-0.39, 0.29) is 22.7 Å². The molecule has 162 valence electrons. The van der Waals surface area contributed by atoms with Gasteiger partial charge in [0.25, 0.3) is 0 Å². The van der Waals surface area contributed by atoms with E-state index in [1.165, 1.54) is 0 Å². The molecule has 0 spiro atoms. The second-order valence-electron chi connectivity index (χ2n) is 8.00. The number of amides is 2. The molecule has 0 aromatic carbocycles. The monoisotopic (exact) mass is 434 g/mol. The van der Waals surface area contributed by atoms with E-state index in [1.54, 1.807) is 9.80 Å². The summed E-state index contributed by atoms with van der Waals surface area (Å²) in [6.45, 7) is 7.65. The number of pyridine rings is 1. The lowest BCUT2D eigenvalue weighted by Crippen LogP contribution is -2.49. The van der Waals surface area contributed by atoms with Crippen LogP contribution in [0, 0.1) is 5.41 Å². The van der Waals surface area contributed by atoms with E-state index in [1.807, 2.05) is 20.8 Å². The topological polar surface area (TPSA) is 65.5 Å². The molecular weight excluding hydrogens is 409 g/mol. The highest BCUT2D eigenvalue weighted by molar-refractivity contribution is 6.33. The van der Waals surface area contributed by atoms with E-state index in [2.05, 4.69) is 10.3 Å². The molecule has 2 heterocycles. The first kappa shape index (κ1) is 23.3. The molecular formula is C19H26ClF3N4O2. The second kappa shape index (κ2) is 9.19. The molecule has 29 heavy (non-hydrogen) atoms. The van der Waals surface area contributed by atoms with Gasteiger partial charge in [0.05, 0.1) is 10.6 Å². The molecule has 1 aliphatic rings. The van der Waals surface area contributed by atoms with Crippen molar-refractivity contribution in [1.29, 1.82) is 0 Å². The number of hydrogen-bond acceptors (Lipinski definition) is 4. The van der Waals surface area contributed by atoms with Crippen LogP contribution in [0.2, 0.25) is 5.02 Å². The van der Waals surface area contributed by atoms with Crippen LogP contribution in [0.4, 0.5) is 19.0 Å². The third-order valence-electron chi connectivity index (χ3n) is 4.62. The second-order valence-corrected chi connectivity index (χ2v) is 8.41. The van der Waals surface area contributed by atoms with Gasteiger partial charge in [0, 0.05) is 50.8 Å². The largest absolute Gasteiger partial charge is 0.417 e. The molecule has 0 atom stereocenters. The fourth-order valence-electron chi connectivity index (χ4n) is 2.85. The number of alkyl halides is 3. The lowest BCUT2D eigenvalue weighted by molar-refractivity contribution is -0.138. The smallest absolute Gasteiger partial charge is 0.356 e. The van der Waals surface area contributed by atoms with Gasteiger partial charge in [-0.25, -0.2) is 4.98 Å². The fourth-order valence-corrected chi connectivity index (χ4v) is 3.14. The highest BCUT2D eigenvalue weighted by Gasteiger charge is 2.32. The minimum Gasteiger partial charge on any atom is -0.356 e. The highest BCUT2D eigenvalue weighted by Crippen LogP contribution is 2.33. The van der Waals surface area contributed by atoms with Crippen LogP contribution in [-0.2, 0) is 15.8 Å². The summed E-state index contributed by atoms with van der Waals surface area (Å²) in [5, 5.41) is 2.75. The third-order valence-corrected chi connectivity index (χ3v) is 4.89. The summed E-state index contributed by atoms with van der Waals surface area (Å²) >= 11 is 5.99. The van der Waals surface area contributed by atoms with Gasteiger partial charge in [-0.2, -0.15) is 13.2 Å². The van der Waals surface area contributed by atoms with E-state index in [0.29, 0.717) is 45.6 Å².